The molecule has 0 amide bonds. The lowest BCUT2D eigenvalue weighted by Crippen LogP contribution is -1.63. The Morgan fingerprint density at radius 1 is 1.56 bits per heavy atom. The second-order valence-corrected chi connectivity index (χ2v) is 1.99. The van der Waals surface area contributed by atoms with Crippen LogP contribution in [0.4, 0.5) is 0 Å². The Kier molecular flexibility index (Phi) is 1.32. The van der Waals surface area contributed by atoms with Gasteiger partial charge in [-0.1, -0.05) is 0 Å². The fourth-order valence-electron chi connectivity index (χ4n) is 0.644. The molecule has 1 aromatic heterocycles. The Morgan fingerprint density at radius 3 is 2.44 bits per heavy atom. The smallest absolute Gasteiger partial charge is 0.177 e. The average Bonchev–Trinajstić information content (AvgIpc) is 2.13. The molecule has 1 nitrogen and oxygen atoms in total. The minimum Gasteiger partial charge on any atom is -0.453 e. The maximum atomic E-state index is 5.13. The van der Waals surface area contributed by atoms with E-state index < -0.39 is 0 Å². The quantitative estimate of drug-likeness (QED) is 0.476. The third-order valence-electron chi connectivity index (χ3n) is 1.31. The SMILES string of the molecule is C#Cc1cc(C)c(C)o1. The Hall–Kier alpha value is -1.16. The molecule has 0 fully saturated rings. The highest BCUT2D eigenvalue weighted by Gasteiger charge is 1.97. The molecule has 46 valence electrons. The summed E-state index contributed by atoms with van der Waals surface area (Å²) in [5, 5.41) is 0. The minimum atomic E-state index is 0.616. The number of aryl methyl sites for hydroxylation is 2. The Bertz CT molecular complexity index is 231. The standard InChI is InChI=1S/C8H8O/c1-4-8-5-6(2)7(3)9-8/h1,5H,2-3H3. The second-order valence-electron chi connectivity index (χ2n) is 1.99. The molecule has 0 saturated carbocycles. The van der Waals surface area contributed by atoms with Crippen molar-refractivity contribution in [2.24, 2.45) is 0 Å². The molecule has 0 saturated heterocycles. The summed E-state index contributed by atoms with van der Waals surface area (Å²) in [4.78, 5) is 0. The lowest BCUT2D eigenvalue weighted by molar-refractivity contribution is 0.520. The maximum Gasteiger partial charge on any atom is 0.177 e. The fourth-order valence-corrected chi connectivity index (χ4v) is 0.644. The lowest BCUT2D eigenvalue weighted by atomic mass is 10.3. The topological polar surface area (TPSA) is 13.1 Å². The molecule has 0 spiro atoms. The van der Waals surface area contributed by atoms with Gasteiger partial charge >= 0.3 is 0 Å². The van der Waals surface area contributed by atoms with E-state index in [0.717, 1.165) is 11.3 Å². The van der Waals surface area contributed by atoms with E-state index in [1.54, 1.807) is 0 Å². The van der Waals surface area contributed by atoms with Crippen LogP contribution in [0.2, 0.25) is 0 Å². The second kappa shape index (κ2) is 1.99. The maximum absolute atomic E-state index is 5.13. The first kappa shape index (κ1) is 5.97. The average molecular weight is 120 g/mol. The highest BCUT2D eigenvalue weighted by Crippen LogP contribution is 2.10. The molecule has 0 bridgehead atoms. The van der Waals surface area contributed by atoms with E-state index in [-0.39, 0.29) is 0 Å². The number of hydrogen-bond donors (Lipinski definition) is 0. The van der Waals surface area contributed by atoms with Crippen molar-refractivity contribution in [1.29, 1.82) is 0 Å². The zero-order valence-corrected chi connectivity index (χ0v) is 5.56. The van der Waals surface area contributed by atoms with Gasteiger partial charge in [-0.05, 0) is 31.4 Å². The molecule has 0 aliphatic heterocycles. The van der Waals surface area contributed by atoms with Crippen LogP contribution in [0, 0.1) is 26.2 Å². The van der Waals surface area contributed by atoms with Gasteiger partial charge in [0.05, 0.1) is 0 Å². The molecular weight excluding hydrogens is 112 g/mol. The largest absolute Gasteiger partial charge is 0.453 e. The van der Waals surface area contributed by atoms with Crippen LogP contribution >= 0.6 is 0 Å². The van der Waals surface area contributed by atoms with Crippen LogP contribution in [-0.2, 0) is 0 Å². The van der Waals surface area contributed by atoms with Crippen molar-refractivity contribution < 1.29 is 4.42 Å². The first-order valence-corrected chi connectivity index (χ1v) is 2.77. The van der Waals surface area contributed by atoms with Crippen molar-refractivity contribution in [1.82, 2.24) is 0 Å². The van der Waals surface area contributed by atoms with Gasteiger partial charge in [-0.2, -0.15) is 0 Å². The molecule has 1 aromatic rings. The van der Waals surface area contributed by atoms with Gasteiger partial charge in [-0.25, -0.2) is 0 Å². The number of furan rings is 1. The summed E-state index contributed by atoms with van der Waals surface area (Å²) in [6.07, 6.45) is 5.09. The van der Waals surface area contributed by atoms with Gasteiger partial charge in [-0.15, -0.1) is 6.42 Å². The molecule has 1 rings (SSSR count). The zero-order chi connectivity index (χ0) is 6.85. The predicted octanol–water partition coefficient (Wildman–Crippen LogP) is 1.88. The van der Waals surface area contributed by atoms with E-state index in [1.807, 2.05) is 19.9 Å². The van der Waals surface area contributed by atoms with E-state index in [9.17, 15) is 0 Å². The molecule has 0 aliphatic carbocycles. The van der Waals surface area contributed by atoms with Gasteiger partial charge in [0, 0.05) is 0 Å². The molecule has 0 N–H and O–H groups in total. The van der Waals surface area contributed by atoms with Crippen molar-refractivity contribution in [2.75, 3.05) is 0 Å². The van der Waals surface area contributed by atoms with E-state index in [4.69, 9.17) is 10.8 Å². The number of terminal acetylenes is 1. The zero-order valence-electron chi connectivity index (χ0n) is 5.56. The number of hydrogen-bond acceptors (Lipinski definition) is 1. The first-order chi connectivity index (χ1) is 4.24. The summed E-state index contributed by atoms with van der Waals surface area (Å²) < 4.78 is 5.13. The van der Waals surface area contributed by atoms with Crippen molar-refractivity contribution in [3.8, 4) is 12.3 Å². The van der Waals surface area contributed by atoms with Crippen molar-refractivity contribution >= 4 is 0 Å². The molecular formula is C8H8O. The van der Waals surface area contributed by atoms with E-state index in [1.165, 1.54) is 0 Å². The van der Waals surface area contributed by atoms with Crippen LogP contribution in [0.25, 0.3) is 0 Å². The van der Waals surface area contributed by atoms with Crippen LogP contribution < -0.4 is 0 Å². The minimum absolute atomic E-state index is 0.616. The summed E-state index contributed by atoms with van der Waals surface area (Å²) in [6.45, 7) is 3.87. The lowest BCUT2D eigenvalue weighted by Gasteiger charge is -1.80. The van der Waals surface area contributed by atoms with Gasteiger partial charge < -0.3 is 4.42 Å². The van der Waals surface area contributed by atoms with Gasteiger partial charge in [0.2, 0.25) is 0 Å². The molecule has 1 heterocycles. The predicted molar refractivity (Wildman–Crippen MR) is 36.1 cm³/mol. The monoisotopic (exact) mass is 120 g/mol. The molecule has 0 aromatic carbocycles. The molecule has 0 aliphatic rings. The van der Waals surface area contributed by atoms with Crippen LogP contribution in [0.3, 0.4) is 0 Å². The summed E-state index contributed by atoms with van der Waals surface area (Å²) in [5.74, 6) is 3.94. The van der Waals surface area contributed by atoms with Gasteiger partial charge in [-0.3, -0.25) is 0 Å². The van der Waals surface area contributed by atoms with Crippen LogP contribution in [0.5, 0.6) is 0 Å². The van der Waals surface area contributed by atoms with Crippen molar-refractivity contribution in [3.05, 3.63) is 23.2 Å². The fraction of sp³-hybridized carbons (Fsp3) is 0.250. The Labute approximate surface area is 54.7 Å². The third kappa shape index (κ3) is 0.972. The van der Waals surface area contributed by atoms with Crippen LogP contribution in [0.15, 0.2) is 10.5 Å². The molecule has 0 radical (unpaired) electrons. The summed E-state index contributed by atoms with van der Waals surface area (Å²) in [6, 6.07) is 1.86. The summed E-state index contributed by atoms with van der Waals surface area (Å²) in [5.41, 5.74) is 1.11. The van der Waals surface area contributed by atoms with Crippen LogP contribution in [0.1, 0.15) is 17.1 Å². The highest BCUT2D eigenvalue weighted by molar-refractivity contribution is 5.28. The first-order valence-electron chi connectivity index (χ1n) is 2.77. The summed E-state index contributed by atoms with van der Waals surface area (Å²) >= 11 is 0. The molecule has 0 unspecified atom stereocenters. The van der Waals surface area contributed by atoms with E-state index >= 15 is 0 Å². The third-order valence-corrected chi connectivity index (χ3v) is 1.31. The Balaban J connectivity index is 3.16. The van der Waals surface area contributed by atoms with Crippen molar-refractivity contribution in [3.63, 3.8) is 0 Å². The van der Waals surface area contributed by atoms with Gasteiger partial charge in [0.25, 0.3) is 0 Å². The highest BCUT2D eigenvalue weighted by atomic mass is 16.3. The van der Waals surface area contributed by atoms with E-state index in [0.29, 0.717) is 5.76 Å². The molecule has 0 atom stereocenters. The van der Waals surface area contributed by atoms with E-state index in [2.05, 4.69) is 5.92 Å². The van der Waals surface area contributed by atoms with Crippen molar-refractivity contribution in [2.45, 2.75) is 13.8 Å². The summed E-state index contributed by atoms with van der Waals surface area (Å²) in [7, 11) is 0. The van der Waals surface area contributed by atoms with Gasteiger partial charge in [0.1, 0.15) is 5.76 Å². The number of rotatable bonds is 0. The normalized spacial score (nSPS) is 9.00. The Morgan fingerprint density at radius 2 is 2.22 bits per heavy atom. The van der Waals surface area contributed by atoms with Gasteiger partial charge in [0.15, 0.2) is 5.76 Å². The molecule has 9 heavy (non-hydrogen) atoms. The van der Waals surface area contributed by atoms with Crippen LogP contribution in [-0.4, -0.2) is 0 Å². The molecule has 1 heteroatoms.